The molecule has 1 nitrogen and oxygen atoms in total. The van der Waals surface area contributed by atoms with Crippen LogP contribution in [-0.2, 0) is 0 Å². The van der Waals surface area contributed by atoms with Crippen molar-refractivity contribution < 1.29 is 5.11 Å². The molecule has 0 aliphatic carbocycles. The molecule has 0 saturated heterocycles. The van der Waals surface area contributed by atoms with Crippen LogP contribution in [0.3, 0.4) is 0 Å². The molecule has 0 amide bonds. The second kappa shape index (κ2) is 3.13. The minimum Gasteiger partial charge on any atom is -0.508 e. The number of hydrogen-bond donors (Lipinski definition) is 1. The third-order valence-electron chi connectivity index (χ3n) is 0.820. The predicted molar refractivity (Wildman–Crippen MR) is 40.3 cm³/mol. The van der Waals surface area contributed by atoms with E-state index in [1.807, 2.05) is 6.92 Å². The molecule has 0 aliphatic rings. The molecule has 0 heterocycles. The lowest BCUT2D eigenvalue weighted by Gasteiger charge is -1.95. The molecule has 1 N–H and O–H groups in total. The highest BCUT2D eigenvalue weighted by Crippen LogP contribution is 2.04. The van der Waals surface area contributed by atoms with Gasteiger partial charge in [0.15, 0.2) is 0 Å². The van der Waals surface area contributed by atoms with Crippen LogP contribution in [0, 0.1) is 0 Å². The van der Waals surface area contributed by atoms with E-state index < -0.39 is 0 Å². The molecule has 0 aromatic heterocycles. The smallest absolute Gasteiger partial charge is 0.118 e. The third-order valence-corrected chi connectivity index (χ3v) is 0.820. The minimum atomic E-state index is 0.211. The van der Waals surface area contributed by atoms with E-state index in [0.29, 0.717) is 5.57 Å². The average Bonchev–Trinajstić information content (AvgIpc) is 1.63. The van der Waals surface area contributed by atoms with Crippen molar-refractivity contribution in [3.8, 4) is 0 Å². The van der Waals surface area contributed by atoms with Gasteiger partial charge >= 0.3 is 0 Å². The summed E-state index contributed by atoms with van der Waals surface area (Å²) < 4.78 is 0. The van der Waals surface area contributed by atoms with E-state index >= 15 is 0 Å². The van der Waals surface area contributed by atoms with Crippen LogP contribution in [0.25, 0.3) is 0 Å². The lowest BCUT2D eigenvalue weighted by Crippen LogP contribution is -1.80. The molecule has 0 spiro atoms. The number of hydrogen-bond acceptors (Lipinski definition) is 1. The Morgan fingerprint density at radius 2 is 1.78 bits per heavy atom. The summed E-state index contributed by atoms with van der Waals surface area (Å²) in [6.45, 7) is 10.7. The molecule has 0 rings (SSSR count). The van der Waals surface area contributed by atoms with E-state index in [1.165, 1.54) is 0 Å². The second-order valence-electron chi connectivity index (χ2n) is 2.16. The van der Waals surface area contributed by atoms with E-state index in [9.17, 15) is 0 Å². The Morgan fingerprint density at radius 1 is 1.33 bits per heavy atom. The van der Waals surface area contributed by atoms with Crippen molar-refractivity contribution in [3.05, 3.63) is 36.1 Å². The normalized spacial score (nSPS) is 11.1. The van der Waals surface area contributed by atoms with E-state index in [1.54, 1.807) is 13.0 Å². The fourth-order valence-corrected chi connectivity index (χ4v) is 0.357. The van der Waals surface area contributed by atoms with Crippen LogP contribution in [0.5, 0.6) is 0 Å². The third kappa shape index (κ3) is 3.59. The maximum atomic E-state index is 9.00. The van der Waals surface area contributed by atoms with Crippen molar-refractivity contribution in [3.63, 3.8) is 0 Å². The molecular weight excluding hydrogens is 112 g/mol. The molecule has 0 unspecified atom stereocenters. The van der Waals surface area contributed by atoms with Gasteiger partial charge in [0.2, 0.25) is 0 Å². The standard InChI is InChI=1S/C8H12O/c1-6(2)5-8(9)7(3)4/h5,9H,1,3H2,2,4H3/b8-5+. The van der Waals surface area contributed by atoms with Gasteiger partial charge in [0, 0.05) is 0 Å². The molecule has 0 radical (unpaired) electrons. The van der Waals surface area contributed by atoms with Crippen LogP contribution in [0.4, 0.5) is 0 Å². The monoisotopic (exact) mass is 124 g/mol. The number of aliphatic hydroxyl groups excluding tert-OH is 1. The van der Waals surface area contributed by atoms with Crippen LogP contribution < -0.4 is 0 Å². The largest absolute Gasteiger partial charge is 0.508 e. The quantitative estimate of drug-likeness (QED) is 0.443. The van der Waals surface area contributed by atoms with Crippen molar-refractivity contribution in [2.45, 2.75) is 13.8 Å². The maximum Gasteiger partial charge on any atom is 0.118 e. The van der Waals surface area contributed by atoms with Crippen molar-refractivity contribution in [1.82, 2.24) is 0 Å². The van der Waals surface area contributed by atoms with Gasteiger partial charge in [0.25, 0.3) is 0 Å². The molecule has 0 aliphatic heterocycles. The second-order valence-corrected chi connectivity index (χ2v) is 2.16. The summed E-state index contributed by atoms with van der Waals surface area (Å²) >= 11 is 0. The molecule has 50 valence electrons. The first-order chi connectivity index (χ1) is 4.04. The van der Waals surface area contributed by atoms with Crippen molar-refractivity contribution >= 4 is 0 Å². The summed E-state index contributed by atoms with van der Waals surface area (Å²) in [7, 11) is 0. The highest BCUT2D eigenvalue weighted by atomic mass is 16.3. The van der Waals surface area contributed by atoms with Crippen molar-refractivity contribution in [2.24, 2.45) is 0 Å². The Balaban J connectivity index is 4.17. The van der Waals surface area contributed by atoms with Gasteiger partial charge in [-0.15, -0.1) is 0 Å². The fraction of sp³-hybridized carbons (Fsp3) is 0.250. The Labute approximate surface area is 56.0 Å². The molecule has 0 saturated carbocycles. The summed E-state index contributed by atoms with van der Waals surface area (Å²) in [5.41, 5.74) is 1.49. The van der Waals surface area contributed by atoms with Gasteiger partial charge < -0.3 is 5.11 Å². The highest BCUT2D eigenvalue weighted by Gasteiger charge is 1.89. The summed E-state index contributed by atoms with van der Waals surface area (Å²) in [6, 6.07) is 0. The van der Waals surface area contributed by atoms with Crippen molar-refractivity contribution in [1.29, 1.82) is 0 Å². The summed E-state index contributed by atoms with van der Waals surface area (Å²) in [5.74, 6) is 0.211. The van der Waals surface area contributed by atoms with Gasteiger partial charge in [-0.2, -0.15) is 0 Å². The van der Waals surface area contributed by atoms with Crippen molar-refractivity contribution in [2.75, 3.05) is 0 Å². The van der Waals surface area contributed by atoms with Crippen LogP contribution in [0.2, 0.25) is 0 Å². The van der Waals surface area contributed by atoms with E-state index in [-0.39, 0.29) is 5.76 Å². The predicted octanol–water partition coefficient (Wildman–Crippen LogP) is 2.58. The highest BCUT2D eigenvalue weighted by molar-refractivity contribution is 5.26. The Hall–Kier alpha value is -0.980. The van der Waals surface area contributed by atoms with Gasteiger partial charge in [0.1, 0.15) is 5.76 Å². The maximum absolute atomic E-state index is 9.00. The molecular formula is C8H12O. The summed E-state index contributed by atoms with van der Waals surface area (Å²) in [4.78, 5) is 0. The molecule has 0 bridgehead atoms. The van der Waals surface area contributed by atoms with E-state index in [2.05, 4.69) is 13.2 Å². The van der Waals surface area contributed by atoms with E-state index in [0.717, 1.165) is 5.57 Å². The van der Waals surface area contributed by atoms with Gasteiger partial charge in [-0.3, -0.25) is 0 Å². The topological polar surface area (TPSA) is 20.2 Å². The number of aliphatic hydroxyl groups is 1. The van der Waals surface area contributed by atoms with Gasteiger partial charge in [-0.25, -0.2) is 0 Å². The molecule has 9 heavy (non-hydrogen) atoms. The SMILES string of the molecule is C=C(C)/C=C(/O)C(=C)C. The zero-order chi connectivity index (χ0) is 7.44. The first kappa shape index (κ1) is 8.02. The number of rotatable bonds is 2. The molecule has 0 aromatic carbocycles. The Bertz CT molecular complexity index is 163. The van der Waals surface area contributed by atoms with Gasteiger partial charge in [-0.1, -0.05) is 18.7 Å². The van der Waals surface area contributed by atoms with Crippen LogP contribution in [0.1, 0.15) is 13.8 Å². The summed E-state index contributed by atoms with van der Waals surface area (Å²) in [6.07, 6.45) is 1.59. The molecule has 0 atom stereocenters. The zero-order valence-electron chi connectivity index (χ0n) is 5.94. The average molecular weight is 124 g/mol. The van der Waals surface area contributed by atoms with Crippen LogP contribution in [0.15, 0.2) is 36.1 Å². The first-order valence-electron chi connectivity index (χ1n) is 2.76. The van der Waals surface area contributed by atoms with Crippen LogP contribution in [-0.4, -0.2) is 5.11 Å². The zero-order valence-corrected chi connectivity index (χ0v) is 5.94. The molecule has 0 aromatic rings. The summed E-state index contributed by atoms with van der Waals surface area (Å²) in [5, 5.41) is 9.00. The Kier molecular flexibility index (Phi) is 2.79. The lowest BCUT2D eigenvalue weighted by molar-refractivity contribution is 0.423. The molecule has 1 heteroatoms. The fourth-order valence-electron chi connectivity index (χ4n) is 0.357. The Morgan fingerprint density at radius 3 is 1.89 bits per heavy atom. The minimum absolute atomic E-state index is 0.211. The van der Waals surface area contributed by atoms with E-state index in [4.69, 9.17) is 5.11 Å². The number of allylic oxidation sites excluding steroid dienone is 3. The first-order valence-corrected chi connectivity index (χ1v) is 2.76. The van der Waals surface area contributed by atoms with Gasteiger partial charge in [0.05, 0.1) is 0 Å². The lowest BCUT2D eigenvalue weighted by atomic mass is 10.2. The van der Waals surface area contributed by atoms with Crippen LogP contribution >= 0.6 is 0 Å². The molecule has 0 fully saturated rings. The van der Waals surface area contributed by atoms with Gasteiger partial charge in [-0.05, 0) is 25.5 Å².